The highest BCUT2D eigenvalue weighted by Gasteiger charge is 2.17. The van der Waals surface area contributed by atoms with Gasteiger partial charge in [0.25, 0.3) is 0 Å². The average molecular weight is 392 g/mol. The third-order valence-electron chi connectivity index (χ3n) is 5.22. The molecule has 1 aliphatic rings. The van der Waals surface area contributed by atoms with Crippen molar-refractivity contribution >= 4 is 17.0 Å². The molecule has 9 heteroatoms. The van der Waals surface area contributed by atoms with Crippen LogP contribution in [0.3, 0.4) is 0 Å². The number of imidazole rings is 1. The first-order valence-electron chi connectivity index (χ1n) is 10.5. The quantitative estimate of drug-likeness (QED) is 0.588. The Hall–Kier alpha value is -2.13. The summed E-state index contributed by atoms with van der Waals surface area (Å²) >= 11 is 0. The van der Waals surface area contributed by atoms with Gasteiger partial charge in [-0.1, -0.05) is 20.3 Å². The highest BCUT2D eigenvalue weighted by atomic mass is 16.5. The van der Waals surface area contributed by atoms with Crippen LogP contribution in [0.15, 0.2) is 4.79 Å². The summed E-state index contributed by atoms with van der Waals surface area (Å²) in [4.78, 5) is 28.7. The number of hydrogen-bond donors (Lipinski definition) is 2. The van der Waals surface area contributed by atoms with Crippen molar-refractivity contribution in [2.24, 2.45) is 0 Å². The lowest BCUT2D eigenvalue weighted by Gasteiger charge is -2.34. The Morgan fingerprint density at radius 1 is 1.00 bits per heavy atom. The van der Waals surface area contributed by atoms with Crippen molar-refractivity contribution in [2.75, 3.05) is 51.6 Å². The molecule has 1 aliphatic heterocycles. The molecule has 0 aliphatic carbocycles. The van der Waals surface area contributed by atoms with Gasteiger partial charge in [0.15, 0.2) is 11.5 Å². The number of nitrogens with two attached hydrogens (primary N) is 1. The van der Waals surface area contributed by atoms with Crippen LogP contribution in [0.2, 0.25) is 0 Å². The number of nitrogens with zero attached hydrogens (tertiary/aromatic N) is 5. The number of H-pyrrole nitrogens is 1. The van der Waals surface area contributed by atoms with Crippen molar-refractivity contribution < 1.29 is 4.74 Å². The number of nitrogens with one attached hydrogen (secondary N) is 1. The third kappa shape index (κ3) is 5.02. The maximum atomic E-state index is 12.4. The van der Waals surface area contributed by atoms with Gasteiger partial charge < -0.3 is 25.3 Å². The summed E-state index contributed by atoms with van der Waals surface area (Å²) < 4.78 is 7.23. The van der Waals surface area contributed by atoms with Crippen molar-refractivity contribution in [3.8, 4) is 6.01 Å². The molecule has 1 fully saturated rings. The molecule has 3 rings (SSSR count). The molecule has 0 saturated carbocycles. The largest absolute Gasteiger partial charge is 0.463 e. The van der Waals surface area contributed by atoms with Crippen LogP contribution in [0.4, 0.5) is 5.82 Å². The first kappa shape index (κ1) is 20.6. The second-order valence-corrected chi connectivity index (χ2v) is 7.41. The van der Waals surface area contributed by atoms with E-state index in [-0.39, 0.29) is 17.5 Å². The second-order valence-electron chi connectivity index (χ2n) is 7.41. The van der Waals surface area contributed by atoms with Crippen LogP contribution >= 0.6 is 0 Å². The summed E-state index contributed by atoms with van der Waals surface area (Å²) in [6.07, 6.45) is 4.04. The molecule has 1 saturated heterocycles. The Morgan fingerprint density at radius 2 is 1.71 bits per heavy atom. The number of aromatic amines is 1. The van der Waals surface area contributed by atoms with Crippen LogP contribution in [-0.2, 0) is 6.54 Å². The predicted octanol–water partition coefficient (Wildman–Crippen LogP) is 1.30. The Bertz CT molecular complexity index is 808. The monoisotopic (exact) mass is 391 g/mol. The van der Waals surface area contributed by atoms with Gasteiger partial charge in [0, 0.05) is 32.7 Å². The van der Waals surface area contributed by atoms with E-state index in [2.05, 4.69) is 38.6 Å². The molecule has 28 heavy (non-hydrogen) atoms. The summed E-state index contributed by atoms with van der Waals surface area (Å²) in [5.41, 5.74) is 6.81. The fourth-order valence-corrected chi connectivity index (χ4v) is 3.62. The second kappa shape index (κ2) is 9.88. The fourth-order valence-electron chi connectivity index (χ4n) is 3.62. The number of anilines is 1. The number of piperazine rings is 1. The molecule has 2 aromatic rings. The number of fused-ring (bicyclic) bond motifs is 1. The van der Waals surface area contributed by atoms with Crippen LogP contribution in [0, 0.1) is 0 Å². The maximum Gasteiger partial charge on any atom is 0.327 e. The summed E-state index contributed by atoms with van der Waals surface area (Å²) in [6.45, 7) is 12.0. The first-order valence-corrected chi connectivity index (χ1v) is 10.5. The van der Waals surface area contributed by atoms with Crippen LogP contribution in [0.1, 0.15) is 39.5 Å². The zero-order valence-corrected chi connectivity index (χ0v) is 17.1. The molecular weight excluding hydrogens is 358 g/mol. The van der Waals surface area contributed by atoms with Crippen LogP contribution in [0.5, 0.6) is 6.01 Å². The number of hydrogen-bond acceptors (Lipinski definition) is 7. The molecule has 156 valence electrons. The Labute approximate surface area is 165 Å². The predicted molar refractivity (Wildman–Crippen MR) is 111 cm³/mol. The van der Waals surface area contributed by atoms with Crippen molar-refractivity contribution in [1.82, 2.24) is 29.3 Å². The van der Waals surface area contributed by atoms with E-state index < -0.39 is 0 Å². The fraction of sp³-hybridized carbons (Fsp3) is 0.737. The Kier molecular flexibility index (Phi) is 7.27. The van der Waals surface area contributed by atoms with Gasteiger partial charge in [-0.05, 0) is 32.4 Å². The van der Waals surface area contributed by atoms with Crippen LogP contribution < -0.4 is 16.2 Å². The van der Waals surface area contributed by atoms with Gasteiger partial charge in [-0.25, -0.2) is 4.79 Å². The zero-order valence-electron chi connectivity index (χ0n) is 17.1. The SMILES string of the molecule is CCCCOc1nc(N)c2[nH]c(=O)n(CCCN3CCN(CCC)CC3)c2n1. The average Bonchev–Trinajstić information content (AvgIpc) is 3.00. The molecule has 0 amide bonds. The number of aromatic nitrogens is 4. The lowest BCUT2D eigenvalue weighted by Crippen LogP contribution is -2.46. The smallest absolute Gasteiger partial charge is 0.327 e. The molecule has 0 bridgehead atoms. The molecule has 3 N–H and O–H groups in total. The summed E-state index contributed by atoms with van der Waals surface area (Å²) in [5.74, 6) is 0.249. The highest BCUT2D eigenvalue weighted by Crippen LogP contribution is 2.18. The van der Waals surface area contributed by atoms with Crippen LogP contribution in [-0.4, -0.2) is 75.2 Å². The molecule has 0 radical (unpaired) electrons. The third-order valence-corrected chi connectivity index (χ3v) is 5.22. The van der Waals surface area contributed by atoms with E-state index in [4.69, 9.17) is 10.5 Å². The number of unbranched alkanes of at least 4 members (excludes halogenated alkanes) is 1. The van der Waals surface area contributed by atoms with Gasteiger partial charge in [-0.15, -0.1) is 0 Å². The molecular formula is C19H33N7O2. The summed E-state index contributed by atoms with van der Waals surface area (Å²) in [5, 5.41) is 0. The van der Waals surface area contributed by atoms with E-state index in [0.29, 0.717) is 24.3 Å². The van der Waals surface area contributed by atoms with Gasteiger partial charge in [0.2, 0.25) is 0 Å². The number of rotatable bonds is 10. The molecule has 9 nitrogen and oxygen atoms in total. The normalized spacial score (nSPS) is 16.1. The van der Waals surface area contributed by atoms with E-state index >= 15 is 0 Å². The van der Waals surface area contributed by atoms with Gasteiger partial charge in [0.05, 0.1) is 6.61 Å². The van der Waals surface area contributed by atoms with Crippen molar-refractivity contribution in [1.29, 1.82) is 0 Å². The van der Waals surface area contributed by atoms with Gasteiger partial charge in [-0.3, -0.25) is 4.57 Å². The van der Waals surface area contributed by atoms with E-state index in [1.807, 2.05) is 0 Å². The lowest BCUT2D eigenvalue weighted by molar-refractivity contribution is 0.130. The number of ether oxygens (including phenoxy) is 1. The maximum absolute atomic E-state index is 12.4. The topological polar surface area (TPSA) is 105 Å². The minimum Gasteiger partial charge on any atom is -0.463 e. The Morgan fingerprint density at radius 3 is 2.39 bits per heavy atom. The molecule has 0 unspecified atom stereocenters. The van der Waals surface area contributed by atoms with E-state index in [1.54, 1.807) is 4.57 Å². The van der Waals surface area contributed by atoms with E-state index in [9.17, 15) is 4.79 Å². The zero-order chi connectivity index (χ0) is 19.9. The molecule has 2 aromatic heterocycles. The van der Waals surface area contributed by atoms with E-state index in [0.717, 1.165) is 52.0 Å². The molecule has 0 spiro atoms. The first-order chi connectivity index (χ1) is 13.6. The standard InChI is InChI=1S/C19H33N7O2/c1-3-5-14-28-18-22-16(20)15-17(23-18)26(19(27)21-15)9-6-8-25-12-10-24(7-4-2)11-13-25/h3-14H2,1-2H3,(H,21,27)(H2,20,22,23). The van der Waals surface area contributed by atoms with Crippen LogP contribution in [0.25, 0.3) is 11.2 Å². The highest BCUT2D eigenvalue weighted by molar-refractivity contribution is 5.81. The van der Waals surface area contributed by atoms with Crippen molar-refractivity contribution in [3.63, 3.8) is 0 Å². The van der Waals surface area contributed by atoms with Gasteiger partial charge in [-0.2, -0.15) is 9.97 Å². The lowest BCUT2D eigenvalue weighted by atomic mass is 10.2. The number of nitrogen functional groups attached to an aromatic ring is 1. The van der Waals surface area contributed by atoms with Gasteiger partial charge in [0.1, 0.15) is 5.52 Å². The minimum absolute atomic E-state index is 0.200. The summed E-state index contributed by atoms with van der Waals surface area (Å²) in [7, 11) is 0. The molecule has 3 heterocycles. The Balaban J connectivity index is 1.61. The summed E-state index contributed by atoms with van der Waals surface area (Å²) in [6, 6.07) is 0.234. The molecule has 0 aromatic carbocycles. The van der Waals surface area contributed by atoms with Crippen molar-refractivity contribution in [3.05, 3.63) is 10.5 Å². The van der Waals surface area contributed by atoms with Crippen molar-refractivity contribution in [2.45, 2.75) is 46.1 Å². The van der Waals surface area contributed by atoms with E-state index in [1.165, 1.54) is 13.0 Å². The minimum atomic E-state index is -0.200. The molecule has 0 atom stereocenters. The number of aryl methyl sites for hydroxylation is 1. The van der Waals surface area contributed by atoms with Gasteiger partial charge >= 0.3 is 11.7 Å².